The van der Waals surface area contributed by atoms with Gasteiger partial charge in [0.15, 0.2) is 0 Å². The van der Waals surface area contributed by atoms with Crippen molar-refractivity contribution in [1.29, 1.82) is 0 Å². The summed E-state index contributed by atoms with van der Waals surface area (Å²) in [6.45, 7) is 1.12. The van der Waals surface area contributed by atoms with E-state index >= 15 is 0 Å². The number of amides is 2. The van der Waals surface area contributed by atoms with Crippen molar-refractivity contribution in [1.82, 2.24) is 20.3 Å². The number of halogens is 2. The third-order valence-corrected chi connectivity index (χ3v) is 6.05. The molecule has 34 heavy (non-hydrogen) atoms. The molecule has 2 N–H and O–H groups in total. The van der Waals surface area contributed by atoms with Crippen LogP contribution in [0, 0.1) is 0 Å². The monoisotopic (exact) mass is 495 g/mol. The summed E-state index contributed by atoms with van der Waals surface area (Å²) in [7, 11) is 0. The predicted octanol–water partition coefficient (Wildman–Crippen LogP) is 5.21. The van der Waals surface area contributed by atoms with Crippen molar-refractivity contribution in [3.63, 3.8) is 0 Å². The molecule has 10 heteroatoms. The number of nitrogens with zero attached hydrogens (tertiary/aromatic N) is 3. The number of carbonyl (C=O) groups excluding carboxylic acids is 2. The van der Waals surface area contributed by atoms with Crippen molar-refractivity contribution in [3.8, 4) is 0 Å². The van der Waals surface area contributed by atoms with E-state index in [9.17, 15) is 9.59 Å². The Kier molecular flexibility index (Phi) is 6.08. The van der Waals surface area contributed by atoms with E-state index in [4.69, 9.17) is 27.9 Å². The quantitative estimate of drug-likeness (QED) is 0.404. The van der Waals surface area contributed by atoms with Gasteiger partial charge in [-0.3, -0.25) is 15.2 Å². The summed E-state index contributed by atoms with van der Waals surface area (Å²) in [5.74, 6) is -0.0533. The fraction of sp³-hybridized carbons (Fsp3) is 0.167. The molecule has 0 fully saturated rings. The first-order valence-electron chi connectivity index (χ1n) is 10.6. The molecule has 1 aliphatic heterocycles. The van der Waals surface area contributed by atoms with Gasteiger partial charge in [-0.25, -0.2) is 4.79 Å². The lowest BCUT2D eigenvalue weighted by molar-refractivity contribution is 0.0735. The summed E-state index contributed by atoms with van der Waals surface area (Å²) in [6.07, 6.45) is 0.102. The molecule has 2 amide bonds. The van der Waals surface area contributed by atoms with Crippen LogP contribution in [0.2, 0.25) is 10.0 Å². The molecule has 1 aliphatic rings. The Labute approximate surface area is 204 Å². The number of aromatic amines is 1. The minimum absolute atomic E-state index is 0.0499. The maximum absolute atomic E-state index is 13.0. The van der Waals surface area contributed by atoms with Crippen molar-refractivity contribution in [2.75, 3.05) is 11.9 Å². The number of benzene rings is 3. The van der Waals surface area contributed by atoms with Gasteiger partial charge in [-0.15, -0.1) is 5.10 Å². The van der Waals surface area contributed by atoms with E-state index in [0.29, 0.717) is 51.9 Å². The molecule has 0 saturated carbocycles. The number of H-pyrrole nitrogens is 1. The van der Waals surface area contributed by atoms with Crippen LogP contribution in [0.15, 0.2) is 54.6 Å². The Balaban J connectivity index is 1.21. The maximum atomic E-state index is 13.0. The van der Waals surface area contributed by atoms with Crippen LogP contribution >= 0.6 is 23.2 Å². The number of hydrogen-bond donors (Lipinski definition) is 2. The van der Waals surface area contributed by atoms with E-state index in [1.54, 1.807) is 47.4 Å². The number of nitrogens with one attached hydrogen (secondary N) is 2. The van der Waals surface area contributed by atoms with Crippen molar-refractivity contribution in [3.05, 3.63) is 86.9 Å². The number of carbonyl (C=O) groups is 2. The lowest BCUT2D eigenvalue weighted by Crippen LogP contribution is -2.36. The second-order valence-corrected chi connectivity index (χ2v) is 8.86. The molecular formula is C24H19Cl2N5O3. The second kappa shape index (κ2) is 9.32. The molecule has 0 unspecified atom stereocenters. The van der Waals surface area contributed by atoms with Crippen LogP contribution in [0.5, 0.6) is 0 Å². The van der Waals surface area contributed by atoms with Crippen LogP contribution in [-0.4, -0.2) is 38.9 Å². The number of fused-ring (bicyclic) bond motifs is 2. The van der Waals surface area contributed by atoms with Gasteiger partial charge in [0.05, 0.1) is 5.52 Å². The van der Waals surface area contributed by atoms with Crippen LogP contribution < -0.4 is 5.32 Å². The molecule has 0 atom stereocenters. The standard InChI is InChI=1S/C24H19Cl2N5O3/c25-18-7-14(8-19(26)11-18)13-34-24(33)27-20-3-1-17-12-31(6-5-15(17)9-20)23(32)16-2-4-21-22(10-16)29-30-28-21/h1-4,7-11H,5-6,12-13H2,(H,27,33)(H,28,29,30). The average Bonchev–Trinajstić information content (AvgIpc) is 3.29. The number of aromatic nitrogens is 3. The Morgan fingerprint density at radius 1 is 1.03 bits per heavy atom. The van der Waals surface area contributed by atoms with Crippen LogP contribution in [0.25, 0.3) is 11.0 Å². The molecule has 8 nitrogen and oxygen atoms in total. The van der Waals surface area contributed by atoms with E-state index in [-0.39, 0.29) is 12.5 Å². The molecule has 4 aromatic rings. The van der Waals surface area contributed by atoms with E-state index in [1.807, 2.05) is 12.1 Å². The maximum Gasteiger partial charge on any atom is 0.411 e. The van der Waals surface area contributed by atoms with Crippen molar-refractivity contribution in [2.24, 2.45) is 0 Å². The van der Waals surface area contributed by atoms with Gasteiger partial charge in [-0.1, -0.05) is 34.5 Å². The van der Waals surface area contributed by atoms with Crippen molar-refractivity contribution in [2.45, 2.75) is 19.6 Å². The zero-order valence-electron chi connectivity index (χ0n) is 17.8. The van der Waals surface area contributed by atoms with Gasteiger partial charge in [0.25, 0.3) is 5.91 Å². The minimum Gasteiger partial charge on any atom is -0.444 e. The summed E-state index contributed by atoms with van der Waals surface area (Å²) in [6, 6.07) is 15.9. The summed E-state index contributed by atoms with van der Waals surface area (Å²) in [5, 5.41) is 14.2. The molecule has 172 valence electrons. The SMILES string of the molecule is O=C(Nc1ccc2c(c1)CCN(C(=O)c1ccc3[nH]nnc3c1)C2)OCc1cc(Cl)cc(Cl)c1. The fourth-order valence-electron chi connectivity index (χ4n) is 3.96. The fourth-order valence-corrected chi connectivity index (χ4v) is 4.53. The molecular weight excluding hydrogens is 477 g/mol. The van der Waals surface area contributed by atoms with E-state index < -0.39 is 6.09 Å². The molecule has 2 heterocycles. The second-order valence-electron chi connectivity index (χ2n) is 7.98. The highest BCUT2D eigenvalue weighted by atomic mass is 35.5. The van der Waals surface area contributed by atoms with Crippen LogP contribution in [0.3, 0.4) is 0 Å². The number of rotatable bonds is 4. The van der Waals surface area contributed by atoms with Gasteiger partial charge in [0, 0.05) is 34.4 Å². The van der Waals surface area contributed by atoms with E-state index in [2.05, 4.69) is 20.7 Å². The Hall–Kier alpha value is -3.62. The average molecular weight is 496 g/mol. The summed E-state index contributed by atoms with van der Waals surface area (Å²) in [5.41, 5.74) is 5.46. The number of anilines is 1. The highest BCUT2D eigenvalue weighted by Gasteiger charge is 2.23. The molecule has 1 aromatic heterocycles. The topological polar surface area (TPSA) is 100 Å². The zero-order valence-corrected chi connectivity index (χ0v) is 19.4. The third kappa shape index (κ3) is 4.83. The summed E-state index contributed by atoms with van der Waals surface area (Å²) >= 11 is 11.9. The van der Waals surface area contributed by atoms with Crippen molar-refractivity contribution < 1.29 is 14.3 Å². The Morgan fingerprint density at radius 2 is 1.85 bits per heavy atom. The first-order chi connectivity index (χ1) is 16.4. The molecule has 0 spiro atoms. The molecule has 0 saturated heterocycles. The van der Waals surface area contributed by atoms with Gasteiger partial charge in [0.2, 0.25) is 0 Å². The largest absolute Gasteiger partial charge is 0.444 e. The normalized spacial score (nSPS) is 12.9. The van der Waals surface area contributed by atoms with Crippen LogP contribution in [-0.2, 0) is 24.3 Å². The molecule has 0 radical (unpaired) electrons. The lowest BCUT2D eigenvalue weighted by Gasteiger charge is -2.29. The molecule has 5 rings (SSSR count). The van der Waals surface area contributed by atoms with Gasteiger partial charge in [0.1, 0.15) is 12.1 Å². The Morgan fingerprint density at radius 3 is 2.68 bits per heavy atom. The van der Waals surface area contributed by atoms with Gasteiger partial charge in [-0.2, -0.15) is 0 Å². The first-order valence-corrected chi connectivity index (χ1v) is 11.3. The van der Waals surface area contributed by atoms with Gasteiger partial charge < -0.3 is 9.64 Å². The van der Waals surface area contributed by atoms with Crippen LogP contribution in [0.1, 0.15) is 27.0 Å². The van der Waals surface area contributed by atoms with Crippen molar-refractivity contribution >= 4 is 51.9 Å². The molecule has 3 aromatic carbocycles. The summed E-state index contributed by atoms with van der Waals surface area (Å²) in [4.78, 5) is 27.0. The van der Waals surface area contributed by atoms with Crippen LogP contribution in [0.4, 0.5) is 10.5 Å². The zero-order chi connectivity index (χ0) is 23.7. The number of ether oxygens (including phenoxy) is 1. The summed E-state index contributed by atoms with van der Waals surface area (Å²) < 4.78 is 5.28. The smallest absolute Gasteiger partial charge is 0.411 e. The van der Waals surface area contributed by atoms with Gasteiger partial charge in [-0.05, 0) is 71.6 Å². The lowest BCUT2D eigenvalue weighted by atomic mass is 9.98. The number of hydrogen-bond acceptors (Lipinski definition) is 5. The van der Waals surface area contributed by atoms with E-state index in [0.717, 1.165) is 16.6 Å². The molecule has 0 aliphatic carbocycles. The first kappa shape index (κ1) is 22.2. The highest BCUT2D eigenvalue weighted by Crippen LogP contribution is 2.25. The van der Waals surface area contributed by atoms with Gasteiger partial charge >= 0.3 is 6.09 Å². The molecule has 0 bridgehead atoms. The predicted molar refractivity (Wildman–Crippen MR) is 129 cm³/mol. The third-order valence-electron chi connectivity index (χ3n) is 5.62. The minimum atomic E-state index is -0.577. The highest BCUT2D eigenvalue weighted by molar-refractivity contribution is 6.34. The Bertz CT molecular complexity index is 1380. The van der Waals surface area contributed by atoms with E-state index in [1.165, 1.54) is 0 Å².